The molecule has 2 heteroatoms. The summed E-state index contributed by atoms with van der Waals surface area (Å²) in [5, 5.41) is 0. The standard InChI is InChI=1S/C16H28F2/c1-3-11-5-7-13(8-6-11)14-10-9-12(4-2)15(17)16(14)18/h11-16H,3-10H2,1-2H3. The first-order valence-corrected chi connectivity index (χ1v) is 7.95. The molecular weight excluding hydrogens is 230 g/mol. The fraction of sp³-hybridized carbons (Fsp3) is 1.00. The Morgan fingerprint density at radius 3 is 2.00 bits per heavy atom. The maximum Gasteiger partial charge on any atom is 0.134 e. The summed E-state index contributed by atoms with van der Waals surface area (Å²) in [6, 6.07) is 0. The van der Waals surface area contributed by atoms with Gasteiger partial charge < -0.3 is 0 Å². The zero-order valence-electron chi connectivity index (χ0n) is 11.9. The molecule has 0 radical (unpaired) electrons. The Morgan fingerprint density at radius 2 is 1.44 bits per heavy atom. The van der Waals surface area contributed by atoms with E-state index in [0.29, 0.717) is 5.92 Å². The molecule has 0 heterocycles. The van der Waals surface area contributed by atoms with Crippen molar-refractivity contribution in [1.29, 1.82) is 0 Å². The Morgan fingerprint density at radius 1 is 0.778 bits per heavy atom. The van der Waals surface area contributed by atoms with Crippen LogP contribution < -0.4 is 0 Å². The average Bonchev–Trinajstić information content (AvgIpc) is 2.42. The molecule has 0 bridgehead atoms. The normalized spacial score (nSPS) is 46.0. The van der Waals surface area contributed by atoms with Crippen LogP contribution in [-0.2, 0) is 0 Å². The van der Waals surface area contributed by atoms with Crippen molar-refractivity contribution in [3.05, 3.63) is 0 Å². The van der Waals surface area contributed by atoms with E-state index in [4.69, 9.17) is 0 Å². The Kier molecular flexibility index (Phi) is 5.03. The third kappa shape index (κ3) is 2.88. The second kappa shape index (κ2) is 6.34. The molecule has 0 N–H and O–H groups in total. The second-order valence-corrected chi connectivity index (χ2v) is 6.49. The molecular formula is C16H28F2. The maximum atomic E-state index is 14.3. The summed E-state index contributed by atoms with van der Waals surface area (Å²) in [6.07, 6.45) is 6.20. The highest BCUT2D eigenvalue weighted by atomic mass is 19.2. The van der Waals surface area contributed by atoms with Crippen molar-refractivity contribution in [3.63, 3.8) is 0 Å². The monoisotopic (exact) mass is 258 g/mol. The van der Waals surface area contributed by atoms with Gasteiger partial charge in [0.25, 0.3) is 0 Å². The topological polar surface area (TPSA) is 0 Å². The van der Waals surface area contributed by atoms with E-state index in [0.717, 1.165) is 38.0 Å². The first-order chi connectivity index (χ1) is 8.67. The van der Waals surface area contributed by atoms with Crippen molar-refractivity contribution in [2.75, 3.05) is 0 Å². The van der Waals surface area contributed by atoms with Gasteiger partial charge in [0.1, 0.15) is 12.3 Å². The Bertz CT molecular complexity index is 245. The molecule has 0 spiro atoms. The van der Waals surface area contributed by atoms with Crippen LogP contribution in [0.1, 0.15) is 65.2 Å². The van der Waals surface area contributed by atoms with Crippen LogP contribution in [0.25, 0.3) is 0 Å². The van der Waals surface area contributed by atoms with Crippen LogP contribution in [0.5, 0.6) is 0 Å². The van der Waals surface area contributed by atoms with Crippen LogP contribution in [0.15, 0.2) is 0 Å². The van der Waals surface area contributed by atoms with E-state index in [1.165, 1.54) is 19.3 Å². The summed E-state index contributed by atoms with van der Waals surface area (Å²) in [7, 11) is 0. The van der Waals surface area contributed by atoms with Crippen molar-refractivity contribution in [1.82, 2.24) is 0 Å². The van der Waals surface area contributed by atoms with Crippen molar-refractivity contribution >= 4 is 0 Å². The lowest BCUT2D eigenvalue weighted by Gasteiger charge is -2.41. The van der Waals surface area contributed by atoms with Crippen LogP contribution in [0.3, 0.4) is 0 Å². The lowest BCUT2D eigenvalue weighted by Crippen LogP contribution is -2.41. The van der Waals surface area contributed by atoms with Gasteiger partial charge >= 0.3 is 0 Å². The highest BCUT2D eigenvalue weighted by molar-refractivity contribution is 4.91. The van der Waals surface area contributed by atoms with Gasteiger partial charge in [-0.15, -0.1) is 0 Å². The van der Waals surface area contributed by atoms with Crippen LogP contribution in [0.2, 0.25) is 0 Å². The molecule has 2 saturated carbocycles. The van der Waals surface area contributed by atoms with Crippen molar-refractivity contribution in [3.8, 4) is 0 Å². The van der Waals surface area contributed by atoms with Crippen molar-refractivity contribution in [2.45, 2.75) is 77.6 Å². The van der Waals surface area contributed by atoms with Gasteiger partial charge in [0.05, 0.1) is 0 Å². The molecule has 0 aromatic rings. The number of halogens is 2. The second-order valence-electron chi connectivity index (χ2n) is 6.49. The molecule has 4 unspecified atom stereocenters. The van der Waals surface area contributed by atoms with Gasteiger partial charge in [-0.25, -0.2) is 8.78 Å². The number of hydrogen-bond donors (Lipinski definition) is 0. The Labute approximate surface area is 111 Å². The molecule has 2 rings (SSSR count). The number of hydrogen-bond acceptors (Lipinski definition) is 0. The van der Waals surface area contributed by atoms with E-state index < -0.39 is 12.3 Å². The summed E-state index contributed by atoms with van der Waals surface area (Å²) in [4.78, 5) is 0. The quantitative estimate of drug-likeness (QED) is 0.643. The minimum Gasteiger partial charge on any atom is -0.244 e. The van der Waals surface area contributed by atoms with Gasteiger partial charge in [-0.05, 0) is 49.4 Å². The highest BCUT2D eigenvalue weighted by Crippen LogP contribution is 2.44. The smallest absolute Gasteiger partial charge is 0.134 e. The minimum atomic E-state index is -1.20. The lowest BCUT2D eigenvalue weighted by atomic mass is 9.67. The van der Waals surface area contributed by atoms with E-state index in [2.05, 4.69) is 6.92 Å². The molecule has 0 aromatic carbocycles. The largest absolute Gasteiger partial charge is 0.244 e. The molecule has 0 nitrogen and oxygen atoms in total. The van der Waals surface area contributed by atoms with E-state index >= 15 is 0 Å². The molecule has 2 aliphatic rings. The van der Waals surface area contributed by atoms with E-state index in [1.807, 2.05) is 6.92 Å². The molecule has 2 aliphatic carbocycles. The Balaban J connectivity index is 1.90. The van der Waals surface area contributed by atoms with Crippen LogP contribution in [0.4, 0.5) is 8.78 Å². The van der Waals surface area contributed by atoms with Crippen LogP contribution in [-0.4, -0.2) is 12.3 Å². The minimum absolute atomic E-state index is 0.0145. The fourth-order valence-corrected chi connectivity index (χ4v) is 4.17. The van der Waals surface area contributed by atoms with E-state index in [9.17, 15) is 8.78 Å². The molecule has 0 saturated heterocycles. The predicted octanol–water partition coefficient (Wildman–Crippen LogP) is 5.32. The lowest BCUT2D eigenvalue weighted by molar-refractivity contribution is -0.0126. The van der Waals surface area contributed by atoms with Crippen LogP contribution in [0, 0.1) is 23.7 Å². The predicted molar refractivity (Wildman–Crippen MR) is 72.0 cm³/mol. The summed E-state index contributed by atoms with van der Waals surface area (Å²) in [5.74, 6) is 1.29. The summed E-state index contributed by atoms with van der Waals surface area (Å²) in [6.45, 7) is 4.23. The van der Waals surface area contributed by atoms with Gasteiger partial charge in [0.2, 0.25) is 0 Å². The summed E-state index contributed by atoms with van der Waals surface area (Å²) in [5.41, 5.74) is 0. The van der Waals surface area contributed by atoms with Gasteiger partial charge in [-0.3, -0.25) is 0 Å². The maximum absolute atomic E-state index is 14.3. The number of alkyl halides is 2. The number of rotatable bonds is 3. The summed E-state index contributed by atoms with van der Waals surface area (Å²) >= 11 is 0. The zero-order chi connectivity index (χ0) is 13.1. The van der Waals surface area contributed by atoms with Gasteiger partial charge in [-0.2, -0.15) is 0 Å². The van der Waals surface area contributed by atoms with Crippen LogP contribution >= 0.6 is 0 Å². The SMILES string of the molecule is CCC1CCC(C2CCC(CC)C(F)C2F)CC1. The summed E-state index contributed by atoms with van der Waals surface area (Å²) < 4.78 is 28.3. The molecule has 0 aliphatic heterocycles. The molecule has 18 heavy (non-hydrogen) atoms. The van der Waals surface area contributed by atoms with Gasteiger partial charge in [0, 0.05) is 0 Å². The third-order valence-electron chi connectivity index (χ3n) is 5.63. The Hall–Kier alpha value is -0.140. The zero-order valence-corrected chi connectivity index (χ0v) is 11.9. The molecule has 4 atom stereocenters. The third-order valence-corrected chi connectivity index (χ3v) is 5.63. The van der Waals surface area contributed by atoms with Gasteiger partial charge in [-0.1, -0.05) is 39.5 Å². The molecule has 0 amide bonds. The highest BCUT2D eigenvalue weighted by Gasteiger charge is 2.43. The van der Waals surface area contributed by atoms with Crippen molar-refractivity contribution in [2.24, 2.45) is 23.7 Å². The van der Waals surface area contributed by atoms with E-state index in [1.54, 1.807) is 0 Å². The van der Waals surface area contributed by atoms with E-state index in [-0.39, 0.29) is 11.8 Å². The first-order valence-electron chi connectivity index (χ1n) is 7.95. The average molecular weight is 258 g/mol. The first kappa shape index (κ1) is 14.3. The molecule has 0 aromatic heterocycles. The van der Waals surface area contributed by atoms with Crippen molar-refractivity contribution < 1.29 is 8.78 Å². The fourth-order valence-electron chi connectivity index (χ4n) is 4.17. The molecule has 106 valence electrons. The van der Waals surface area contributed by atoms with Gasteiger partial charge in [0.15, 0.2) is 0 Å². The molecule has 2 fully saturated rings.